The second kappa shape index (κ2) is 7.83. The number of alkyl halides is 3. The fraction of sp³-hybridized carbons (Fsp3) is 0.222. The van der Waals surface area contributed by atoms with Crippen molar-refractivity contribution in [1.29, 1.82) is 0 Å². The van der Waals surface area contributed by atoms with Crippen LogP contribution in [0.3, 0.4) is 0 Å². The average molecular weight is 350 g/mol. The van der Waals surface area contributed by atoms with E-state index in [0.29, 0.717) is 12.2 Å². The van der Waals surface area contributed by atoms with Gasteiger partial charge in [-0.2, -0.15) is 13.2 Å². The molecule has 0 saturated carbocycles. The molecule has 2 amide bonds. The molecule has 0 atom stereocenters. The van der Waals surface area contributed by atoms with Gasteiger partial charge in [-0.1, -0.05) is 19.1 Å². The van der Waals surface area contributed by atoms with Crippen LogP contribution in [-0.4, -0.2) is 18.4 Å². The number of halogens is 3. The van der Waals surface area contributed by atoms with Crippen LogP contribution in [0.4, 0.5) is 18.9 Å². The summed E-state index contributed by atoms with van der Waals surface area (Å²) in [6, 6.07) is 10.3. The quantitative estimate of drug-likeness (QED) is 0.853. The summed E-state index contributed by atoms with van der Waals surface area (Å²) < 4.78 is 37.7. The molecule has 0 saturated heterocycles. The van der Waals surface area contributed by atoms with E-state index in [4.69, 9.17) is 0 Å². The monoisotopic (exact) mass is 350 g/mol. The standard InChI is InChI=1S/C18H17F3N2O2/c1-2-11-22-17(25)14-5-3-4-6-15(14)23-16(24)12-7-9-13(10-8-12)18(19,20)21/h3-10H,2,11H2,1H3,(H,22,25)(H,23,24). The first-order valence-electron chi connectivity index (χ1n) is 7.68. The van der Waals surface area contributed by atoms with E-state index in [0.717, 1.165) is 30.7 Å². The van der Waals surface area contributed by atoms with Gasteiger partial charge in [0.25, 0.3) is 11.8 Å². The summed E-state index contributed by atoms with van der Waals surface area (Å²) in [5.41, 5.74) is -0.183. The Labute approximate surface area is 143 Å². The van der Waals surface area contributed by atoms with Crippen LogP contribution >= 0.6 is 0 Å². The van der Waals surface area contributed by atoms with Gasteiger partial charge in [0.15, 0.2) is 0 Å². The van der Waals surface area contributed by atoms with Gasteiger partial charge >= 0.3 is 6.18 Å². The molecule has 7 heteroatoms. The maximum Gasteiger partial charge on any atom is 0.416 e. The lowest BCUT2D eigenvalue weighted by Crippen LogP contribution is -2.25. The van der Waals surface area contributed by atoms with E-state index in [1.807, 2.05) is 6.92 Å². The zero-order valence-electron chi connectivity index (χ0n) is 13.5. The van der Waals surface area contributed by atoms with Crippen molar-refractivity contribution in [2.24, 2.45) is 0 Å². The highest BCUT2D eigenvalue weighted by Crippen LogP contribution is 2.29. The molecule has 0 aromatic heterocycles. The number of hydrogen-bond acceptors (Lipinski definition) is 2. The predicted octanol–water partition coefficient (Wildman–Crippen LogP) is 4.10. The maximum absolute atomic E-state index is 12.6. The van der Waals surface area contributed by atoms with Crippen LogP contribution in [0.25, 0.3) is 0 Å². The number of amides is 2. The minimum absolute atomic E-state index is 0.0665. The van der Waals surface area contributed by atoms with Gasteiger partial charge in [-0.15, -0.1) is 0 Å². The molecule has 0 spiro atoms. The molecule has 0 bridgehead atoms. The number of benzene rings is 2. The Balaban J connectivity index is 2.17. The Morgan fingerprint density at radius 1 is 0.960 bits per heavy atom. The number of carbonyl (C=O) groups excluding carboxylic acids is 2. The Bertz CT molecular complexity index is 756. The van der Waals surface area contributed by atoms with Crippen molar-refractivity contribution in [3.05, 3.63) is 65.2 Å². The molecule has 25 heavy (non-hydrogen) atoms. The number of rotatable bonds is 5. The SMILES string of the molecule is CCCNC(=O)c1ccccc1NC(=O)c1ccc(C(F)(F)F)cc1. The van der Waals surface area contributed by atoms with E-state index in [2.05, 4.69) is 10.6 Å². The lowest BCUT2D eigenvalue weighted by molar-refractivity contribution is -0.137. The minimum atomic E-state index is -4.46. The second-order valence-corrected chi connectivity index (χ2v) is 5.33. The Kier molecular flexibility index (Phi) is 5.80. The topological polar surface area (TPSA) is 58.2 Å². The smallest absolute Gasteiger partial charge is 0.352 e. The van der Waals surface area contributed by atoms with Gasteiger partial charge in [-0.25, -0.2) is 0 Å². The first kappa shape index (κ1) is 18.5. The van der Waals surface area contributed by atoms with Gasteiger partial charge in [0.1, 0.15) is 0 Å². The van der Waals surface area contributed by atoms with Crippen molar-refractivity contribution in [3.8, 4) is 0 Å². The van der Waals surface area contributed by atoms with Crippen LogP contribution in [0.15, 0.2) is 48.5 Å². The van der Waals surface area contributed by atoms with E-state index in [1.54, 1.807) is 24.3 Å². The third-order valence-electron chi connectivity index (χ3n) is 3.43. The van der Waals surface area contributed by atoms with Gasteiger partial charge in [-0.05, 0) is 42.8 Å². The number of anilines is 1. The molecule has 2 aromatic carbocycles. The Morgan fingerprint density at radius 3 is 2.20 bits per heavy atom. The van der Waals surface area contributed by atoms with Crippen molar-refractivity contribution in [2.45, 2.75) is 19.5 Å². The summed E-state index contributed by atoms with van der Waals surface area (Å²) in [6.07, 6.45) is -3.69. The highest BCUT2D eigenvalue weighted by molar-refractivity contribution is 6.09. The van der Waals surface area contributed by atoms with Crippen LogP contribution in [0.2, 0.25) is 0 Å². The zero-order chi connectivity index (χ0) is 18.4. The molecular weight excluding hydrogens is 333 g/mol. The molecular formula is C18H17F3N2O2. The van der Waals surface area contributed by atoms with Gasteiger partial charge in [-0.3, -0.25) is 9.59 Å². The highest BCUT2D eigenvalue weighted by atomic mass is 19.4. The van der Waals surface area contributed by atoms with E-state index in [-0.39, 0.29) is 17.0 Å². The lowest BCUT2D eigenvalue weighted by atomic mass is 10.1. The first-order chi connectivity index (χ1) is 11.8. The molecule has 0 fully saturated rings. The first-order valence-corrected chi connectivity index (χ1v) is 7.68. The summed E-state index contributed by atoms with van der Waals surface area (Å²) in [5.74, 6) is -0.922. The molecule has 0 unspecified atom stereocenters. The number of nitrogens with one attached hydrogen (secondary N) is 2. The van der Waals surface area contributed by atoms with Gasteiger partial charge in [0, 0.05) is 12.1 Å². The normalized spacial score (nSPS) is 11.0. The molecule has 2 N–H and O–H groups in total. The minimum Gasteiger partial charge on any atom is -0.352 e. The number of hydrogen-bond donors (Lipinski definition) is 2. The van der Waals surface area contributed by atoms with Crippen molar-refractivity contribution < 1.29 is 22.8 Å². The zero-order valence-corrected chi connectivity index (χ0v) is 13.5. The average Bonchev–Trinajstić information content (AvgIpc) is 2.59. The van der Waals surface area contributed by atoms with Crippen molar-refractivity contribution in [3.63, 3.8) is 0 Å². The summed E-state index contributed by atoms with van der Waals surface area (Å²) in [5, 5.41) is 5.27. The molecule has 0 aliphatic heterocycles. The van der Waals surface area contributed by atoms with Gasteiger partial charge in [0.2, 0.25) is 0 Å². The molecule has 0 aliphatic rings. The summed E-state index contributed by atoms with van der Waals surface area (Å²) in [6.45, 7) is 2.42. The van der Waals surface area contributed by atoms with E-state index in [1.165, 1.54) is 0 Å². The van der Waals surface area contributed by atoms with E-state index < -0.39 is 17.6 Å². The highest BCUT2D eigenvalue weighted by Gasteiger charge is 2.30. The van der Waals surface area contributed by atoms with Crippen molar-refractivity contribution in [2.75, 3.05) is 11.9 Å². The van der Waals surface area contributed by atoms with Gasteiger partial charge < -0.3 is 10.6 Å². The maximum atomic E-state index is 12.6. The lowest BCUT2D eigenvalue weighted by Gasteiger charge is -2.12. The Morgan fingerprint density at radius 2 is 1.60 bits per heavy atom. The molecule has 132 valence electrons. The Hall–Kier alpha value is -2.83. The molecule has 2 aromatic rings. The fourth-order valence-electron chi connectivity index (χ4n) is 2.13. The molecule has 0 aliphatic carbocycles. The molecule has 0 radical (unpaired) electrons. The van der Waals surface area contributed by atoms with Crippen LogP contribution < -0.4 is 10.6 Å². The summed E-state index contributed by atoms with van der Waals surface area (Å²) in [7, 11) is 0. The number of para-hydroxylation sites is 1. The molecule has 4 nitrogen and oxygen atoms in total. The van der Waals surface area contributed by atoms with E-state index >= 15 is 0 Å². The van der Waals surface area contributed by atoms with Gasteiger partial charge in [0.05, 0.1) is 16.8 Å². The third-order valence-corrected chi connectivity index (χ3v) is 3.43. The van der Waals surface area contributed by atoms with Crippen molar-refractivity contribution in [1.82, 2.24) is 5.32 Å². The van der Waals surface area contributed by atoms with Crippen molar-refractivity contribution >= 4 is 17.5 Å². The summed E-state index contributed by atoms with van der Waals surface area (Å²) >= 11 is 0. The molecule has 2 rings (SSSR count). The van der Waals surface area contributed by atoms with Crippen LogP contribution in [0.5, 0.6) is 0 Å². The fourth-order valence-corrected chi connectivity index (χ4v) is 2.13. The summed E-state index contributed by atoms with van der Waals surface area (Å²) in [4.78, 5) is 24.3. The van der Waals surface area contributed by atoms with Crippen LogP contribution in [-0.2, 0) is 6.18 Å². The van der Waals surface area contributed by atoms with Crippen LogP contribution in [0.1, 0.15) is 39.6 Å². The van der Waals surface area contributed by atoms with Crippen LogP contribution in [0, 0.1) is 0 Å². The third kappa shape index (κ3) is 4.82. The molecule has 0 heterocycles. The largest absolute Gasteiger partial charge is 0.416 e. The van der Waals surface area contributed by atoms with E-state index in [9.17, 15) is 22.8 Å². The predicted molar refractivity (Wildman–Crippen MR) is 88.5 cm³/mol. The second-order valence-electron chi connectivity index (χ2n) is 5.33. The number of carbonyl (C=O) groups is 2.